The molecule has 0 radical (unpaired) electrons. The molecule has 1 N–H and O–H groups in total. The van der Waals surface area contributed by atoms with Crippen LogP contribution in [0.4, 0.5) is 8.78 Å². The van der Waals surface area contributed by atoms with E-state index in [9.17, 15) is 13.9 Å². The van der Waals surface area contributed by atoms with Crippen LogP contribution in [0.5, 0.6) is 0 Å². The number of hydrogen-bond acceptors (Lipinski definition) is 1. The first kappa shape index (κ1) is 13.5. The zero-order valence-electron chi connectivity index (χ0n) is 10.5. The molecule has 18 heavy (non-hydrogen) atoms. The Kier molecular flexibility index (Phi) is 4.70. The number of rotatable bonds is 3. The quantitative estimate of drug-likeness (QED) is 0.813. The van der Waals surface area contributed by atoms with Gasteiger partial charge in [0.1, 0.15) is 11.6 Å². The van der Waals surface area contributed by atoms with Crippen molar-refractivity contribution in [3.8, 4) is 0 Å². The summed E-state index contributed by atoms with van der Waals surface area (Å²) in [6.45, 7) is 0. The highest BCUT2D eigenvalue weighted by atomic mass is 19.1. The number of hydrogen-bond donors (Lipinski definition) is 1. The molecule has 1 nitrogen and oxygen atoms in total. The predicted molar refractivity (Wildman–Crippen MR) is 67.3 cm³/mol. The molecule has 1 aromatic carbocycles. The van der Waals surface area contributed by atoms with E-state index in [1.165, 1.54) is 25.0 Å². The van der Waals surface area contributed by atoms with Crippen LogP contribution in [-0.2, 0) is 6.42 Å². The molecule has 2 rings (SSSR count). The van der Waals surface area contributed by atoms with Gasteiger partial charge in [0.25, 0.3) is 0 Å². The lowest BCUT2D eigenvalue weighted by Gasteiger charge is -2.21. The summed E-state index contributed by atoms with van der Waals surface area (Å²) in [6, 6.07) is 3.57. The Morgan fingerprint density at radius 1 is 1.11 bits per heavy atom. The molecule has 1 fully saturated rings. The van der Waals surface area contributed by atoms with Crippen LogP contribution in [0.1, 0.15) is 44.1 Å². The van der Waals surface area contributed by atoms with Crippen LogP contribution in [0.2, 0.25) is 0 Å². The van der Waals surface area contributed by atoms with Gasteiger partial charge in [-0.1, -0.05) is 31.7 Å². The first-order chi connectivity index (χ1) is 8.66. The summed E-state index contributed by atoms with van der Waals surface area (Å²) >= 11 is 0. The van der Waals surface area contributed by atoms with E-state index in [-0.39, 0.29) is 12.3 Å². The van der Waals surface area contributed by atoms with Crippen LogP contribution >= 0.6 is 0 Å². The molecule has 1 unspecified atom stereocenters. The summed E-state index contributed by atoms with van der Waals surface area (Å²) in [5.41, 5.74) is 0.410. The van der Waals surface area contributed by atoms with Crippen LogP contribution < -0.4 is 0 Å². The fourth-order valence-corrected chi connectivity index (χ4v) is 2.77. The van der Waals surface area contributed by atoms with E-state index in [0.717, 1.165) is 31.7 Å². The molecule has 3 heteroatoms. The van der Waals surface area contributed by atoms with Crippen molar-refractivity contribution >= 4 is 0 Å². The lowest BCUT2D eigenvalue weighted by molar-refractivity contribution is 0.0977. The topological polar surface area (TPSA) is 20.2 Å². The monoisotopic (exact) mass is 254 g/mol. The van der Waals surface area contributed by atoms with Gasteiger partial charge < -0.3 is 5.11 Å². The Morgan fingerprint density at radius 3 is 2.39 bits per heavy atom. The molecule has 1 saturated carbocycles. The van der Waals surface area contributed by atoms with Crippen LogP contribution in [0.3, 0.4) is 0 Å². The van der Waals surface area contributed by atoms with Crippen LogP contribution in [-0.4, -0.2) is 11.2 Å². The van der Waals surface area contributed by atoms with Crippen LogP contribution in [0.15, 0.2) is 18.2 Å². The molecule has 1 aromatic rings. The normalized spacial score (nSPS) is 19.5. The van der Waals surface area contributed by atoms with Gasteiger partial charge in [0.15, 0.2) is 0 Å². The number of aliphatic hydroxyl groups excluding tert-OH is 1. The predicted octanol–water partition coefficient (Wildman–Crippen LogP) is 3.84. The smallest absolute Gasteiger partial charge is 0.129 e. The molecule has 0 aromatic heterocycles. The van der Waals surface area contributed by atoms with Gasteiger partial charge in [0.2, 0.25) is 0 Å². The Morgan fingerprint density at radius 2 is 1.78 bits per heavy atom. The number of aliphatic hydroxyl groups is 1. The van der Waals surface area contributed by atoms with Gasteiger partial charge in [-0.2, -0.15) is 0 Å². The highest BCUT2D eigenvalue weighted by molar-refractivity contribution is 5.19. The van der Waals surface area contributed by atoms with Gasteiger partial charge in [-0.25, -0.2) is 8.78 Å². The first-order valence-corrected chi connectivity index (χ1v) is 6.79. The number of halogens is 2. The maximum Gasteiger partial charge on any atom is 0.129 e. The first-order valence-electron chi connectivity index (χ1n) is 6.79. The minimum absolute atomic E-state index is 0.261. The molecule has 0 saturated heterocycles. The van der Waals surface area contributed by atoms with Crippen molar-refractivity contribution in [2.45, 2.75) is 51.0 Å². The van der Waals surface area contributed by atoms with Crippen molar-refractivity contribution < 1.29 is 13.9 Å². The molecular formula is C15H20F2O. The van der Waals surface area contributed by atoms with Gasteiger partial charge in [-0.3, -0.25) is 0 Å². The second-order valence-electron chi connectivity index (χ2n) is 5.26. The van der Waals surface area contributed by atoms with E-state index in [2.05, 4.69) is 0 Å². The second kappa shape index (κ2) is 6.28. The fraction of sp³-hybridized carbons (Fsp3) is 0.600. The van der Waals surface area contributed by atoms with E-state index in [0.29, 0.717) is 5.56 Å². The van der Waals surface area contributed by atoms with E-state index in [1.807, 2.05) is 0 Å². The van der Waals surface area contributed by atoms with E-state index in [1.54, 1.807) is 0 Å². The minimum atomic E-state index is -0.569. The maximum atomic E-state index is 13.5. The van der Waals surface area contributed by atoms with Crippen molar-refractivity contribution in [1.82, 2.24) is 0 Å². The molecule has 1 atom stereocenters. The van der Waals surface area contributed by atoms with Gasteiger partial charge >= 0.3 is 0 Å². The molecule has 1 aliphatic rings. The van der Waals surface area contributed by atoms with Crippen molar-refractivity contribution in [2.75, 3.05) is 0 Å². The van der Waals surface area contributed by atoms with Crippen LogP contribution in [0.25, 0.3) is 0 Å². The summed E-state index contributed by atoms with van der Waals surface area (Å²) in [6.07, 6.45) is 6.57. The van der Waals surface area contributed by atoms with E-state index in [4.69, 9.17) is 0 Å². The minimum Gasteiger partial charge on any atom is -0.392 e. The SMILES string of the molecule is OC(Cc1ccc(F)cc1F)C1CCCCCC1. The largest absolute Gasteiger partial charge is 0.392 e. The van der Waals surface area contributed by atoms with E-state index < -0.39 is 17.7 Å². The van der Waals surface area contributed by atoms with E-state index >= 15 is 0 Å². The highest BCUT2D eigenvalue weighted by Gasteiger charge is 2.22. The molecule has 1 aliphatic carbocycles. The summed E-state index contributed by atoms with van der Waals surface area (Å²) in [5, 5.41) is 10.2. The summed E-state index contributed by atoms with van der Waals surface area (Å²) in [7, 11) is 0. The molecule has 0 heterocycles. The Hall–Kier alpha value is -0.960. The number of benzene rings is 1. The van der Waals surface area contributed by atoms with Crippen molar-refractivity contribution in [3.63, 3.8) is 0 Å². The van der Waals surface area contributed by atoms with Crippen molar-refractivity contribution in [2.24, 2.45) is 5.92 Å². The van der Waals surface area contributed by atoms with Gasteiger partial charge in [-0.15, -0.1) is 0 Å². The second-order valence-corrected chi connectivity index (χ2v) is 5.26. The summed E-state index contributed by atoms with van der Waals surface area (Å²) in [5.74, 6) is -0.861. The Bertz CT molecular complexity index is 384. The molecule has 0 bridgehead atoms. The Balaban J connectivity index is 1.98. The Labute approximate surface area is 107 Å². The highest BCUT2D eigenvalue weighted by Crippen LogP contribution is 2.27. The van der Waals surface area contributed by atoms with Crippen LogP contribution in [0, 0.1) is 17.6 Å². The van der Waals surface area contributed by atoms with Crippen molar-refractivity contribution in [3.05, 3.63) is 35.4 Å². The third-order valence-corrected chi connectivity index (χ3v) is 3.89. The zero-order chi connectivity index (χ0) is 13.0. The lowest BCUT2D eigenvalue weighted by atomic mass is 9.90. The fourth-order valence-electron chi connectivity index (χ4n) is 2.77. The average Bonchev–Trinajstić information content (AvgIpc) is 2.61. The summed E-state index contributed by atoms with van der Waals surface area (Å²) in [4.78, 5) is 0. The van der Waals surface area contributed by atoms with Gasteiger partial charge in [0, 0.05) is 12.5 Å². The average molecular weight is 254 g/mol. The van der Waals surface area contributed by atoms with Gasteiger partial charge in [-0.05, 0) is 30.4 Å². The van der Waals surface area contributed by atoms with Crippen molar-refractivity contribution in [1.29, 1.82) is 0 Å². The maximum absolute atomic E-state index is 13.5. The van der Waals surface area contributed by atoms with Gasteiger partial charge in [0.05, 0.1) is 6.10 Å². The molecule has 100 valence electrons. The molecule has 0 aliphatic heterocycles. The summed E-state index contributed by atoms with van der Waals surface area (Å²) < 4.78 is 26.3. The third kappa shape index (κ3) is 3.52. The zero-order valence-corrected chi connectivity index (χ0v) is 10.5. The standard InChI is InChI=1S/C15H20F2O/c16-13-8-7-12(14(17)10-13)9-15(18)11-5-3-1-2-4-6-11/h7-8,10-11,15,18H,1-6,9H2. The lowest BCUT2D eigenvalue weighted by Crippen LogP contribution is -2.23. The molecule has 0 spiro atoms. The molecule has 0 amide bonds. The molecular weight excluding hydrogens is 234 g/mol. The third-order valence-electron chi connectivity index (χ3n) is 3.89.